The smallest absolute Gasteiger partial charge is 0.338 e. The fourth-order valence-corrected chi connectivity index (χ4v) is 3.98. The quantitative estimate of drug-likeness (QED) is 0.395. The van der Waals surface area contributed by atoms with Crippen molar-refractivity contribution in [2.45, 2.75) is 40.8 Å². The molecule has 2 aromatic carbocycles. The summed E-state index contributed by atoms with van der Waals surface area (Å²) in [5, 5.41) is 11.9. The van der Waals surface area contributed by atoms with Crippen molar-refractivity contribution in [1.29, 1.82) is 0 Å². The van der Waals surface area contributed by atoms with Gasteiger partial charge in [0.05, 0.1) is 29.2 Å². The minimum absolute atomic E-state index is 0.320. The minimum Gasteiger partial charge on any atom is -0.452 e. The number of ether oxygens (including phenoxy) is 1. The Morgan fingerprint density at radius 1 is 0.943 bits per heavy atom. The summed E-state index contributed by atoms with van der Waals surface area (Å²) in [5.41, 5.74) is 7.12. The molecule has 0 bridgehead atoms. The first kappa shape index (κ1) is 23.9. The van der Waals surface area contributed by atoms with Gasteiger partial charge in [0.25, 0.3) is 5.91 Å². The molecule has 0 saturated heterocycles. The molecule has 1 N–H and O–H groups in total. The van der Waals surface area contributed by atoms with Crippen LogP contribution in [0.1, 0.15) is 44.3 Å². The largest absolute Gasteiger partial charge is 0.452 e. The number of amides is 1. The summed E-state index contributed by atoms with van der Waals surface area (Å²) in [5.74, 6) is -0.921. The molecule has 0 atom stereocenters. The second-order valence-electron chi connectivity index (χ2n) is 8.53. The number of benzene rings is 2. The van der Waals surface area contributed by atoms with Gasteiger partial charge in [0.2, 0.25) is 0 Å². The highest BCUT2D eigenvalue weighted by molar-refractivity contribution is 5.91. The second-order valence-corrected chi connectivity index (χ2v) is 8.53. The Bertz CT molecular complexity index is 1340. The van der Waals surface area contributed by atoms with E-state index in [0.717, 1.165) is 39.6 Å². The van der Waals surface area contributed by atoms with Gasteiger partial charge in [-0.05, 0) is 63.6 Å². The molecule has 4 rings (SSSR count). The third-order valence-corrected chi connectivity index (χ3v) is 5.86. The van der Waals surface area contributed by atoms with Crippen LogP contribution in [0.2, 0.25) is 0 Å². The van der Waals surface area contributed by atoms with E-state index in [0.29, 0.717) is 18.7 Å². The lowest BCUT2D eigenvalue weighted by molar-refractivity contribution is -0.124. The number of hydrogen-bond donors (Lipinski definition) is 1. The maximum atomic E-state index is 12.4. The fourth-order valence-electron chi connectivity index (χ4n) is 3.98. The molecule has 0 aliphatic carbocycles. The highest BCUT2D eigenvalue weighted by atomic mass is 16.5. The van der Waals surface area contributed by atoms with Crippen LogP contribution in [0.4, 0.5) is 0 Å². The van der Waals surface area contributed by atoms with Crippen LogP contribution in [0, 0.1) is 27.7 Å². The van der Waals surface area contributed by atoms with Gasteiger partial charge in [-0.15, -0.1) is 0 Å². The molecule has 2 aromatic heterocycles. The molecule has 0 radical (unpaired) electrons. The predicted octanol–water partition coefficient (Wildman–Crippen LogP) is 3.82. The number of hydrogen-bond acceptors (Lipinski definition) is 5. The van der Waals surface area contributed by atoms with Crippen molar-refractivity contribution >= 4 is 11.9 Å². The number of aromatic nitrogens is 4. The first-order chi connectivity index (χ1) is 16.8. The van der Waals surface area contributed by atoms with Gasteiger partial charge in [-0.25, -0.2) is 9.48 Å². The van der Waals surface area contributed by atoms with E-state index in [2.05, 4.69) is 27.6 Å². The standard InChI is InChI=1S/C27H29N5O3/c1-18-14-19(2)32(29-18)24-12-10-23(11-13-24)27(34)35-17-26(33)28-15-25-20(3)30-31(21(25)4)16-22-8-6-5-7-9-22/h5-14H,15-17H2,1-4H3,(H,28,33). The summed E-state index contributed by atoms with van der Waals surface area (Å²) in [6.07, 6.45) is 0. The number of aryl methyl sites for hydroxylation is 3. The molecule has 35 heavy (non-hydrogen) atoms. The first-order valence-electron chi connectivity index (χ1n) is 11.5. The molecule has 8 heteroatoms. The maximum Gasteiger partial charge on any atom is 0.338 e. The van der Waals surface area contributed by atoms with Gasteiger partial charge in [0.15, 0.2) is 6.61 Å². The number of esters is 1. The molecule has 8 nitrogen and oxygen atoms in total. The molecule has 0 aliphatic heterocycles. The SMILES string of the molecule is Cc1cc(C)n(-c2ccc(C(=O)OCC(=O)NCc3c(C)nn(Cc4ccccc4)c3C)cc2)n1. The van der Waals surface area contributed by atoms with Gasteiger partial charge in [-0.3, -0.25) is 9.48 Å². The summed E-state index contributed by atoms with van der Waals surface area (Å²) >= 11 is 0. The van der Waals surface area contributed by atoms with E-state index in [4.69, 9.17) is 4.74 Å². The van der Waals surface area contributed by atoms with Gasteiger partial charge < -0.3 is 10.1 Å². The molecule has 0 saturated carbocycles. The van der Waals surface area contributed by atoms with Crippen molar-refractivity contribution in [1.82, 2.24) is 24.9 Å². The first-order valence-corrected chi connectivity index (χ1v) is 11.5. The Labute approximate surface area is 204 Å². The van der Waals surface area contributed by atoms with Gasteiger partial charge in [-0.1, -0.05) is 30.3 Å². The van der Waals surface area contributed by atoms with Crippen molar-refractivity contribution in [2.24, 2.45) is 0 Å². The number of carbonyl (C=O) groups is 2. The topological polar surface area (TPSA) is 91.0 Å². The van der Waals surface area contributed by atoms with Crippen molar-refractivity contribution in [2.75, 3.05) is 6.61 Å². The number of rotatable bonds is 8. The van der Waals surface area contributed by atoms with Crippen LogP contribution in [-0.2, 0) is 22.6 Å². The average molecular weight is 472 g/mol. The lowest BCUT2D eigenvalue weighted by Gasteiger charge is -2.09. The van der Waals surface area contributed by atoms with Crippen LogP contribution >= 0.6 is 0 Å². The molecular weight excluding hydrogens is 442 g/mol. The van der Waals surface area contributed by atoms with Crippen molar-refractivity contribution in [3.05, 3.63) is 100 Å². The van der Waals surface area contributed by atoms with E-state index >= 15 is 0 Å². The third kappa shape index (κ3) is 5.66. The van der Waals surface area contributed by atoms with Crippen LogP contribution < -0.4 is 5.32 Å². The molecule has 0 spiro atoms. The van der Waals surface area contributed by atoms with E-state index in [1.54, 1.807) is 24.3 Å². The fraction of sp³-hybridized carbons (Fsp3) is 0.259. The molecule has 4 aromatic rings. The Balaban J connectivity index is 1.29. The van der Waals surface area contributed by atoms with Crippen LogP contribution in [0.25, 0.3) is 5.69 Å². The Morgan fingerprint density at radius 3 is 2.31 bits per heavy atom. The van der Waals surface area contributed by atoms with E-state index < -0.39 is 5.97 Å². The summed E-state index contributed by atoms with van der Waals surface area (Å²) < 4.78 is 8.94. The van der Waals surface area contributed by atoms with Gasteiger partial charge in [0.1, 0.15) is 0 Å². The molecule has 0 fully saturated rings. The molecule has 2 heterocycles. The van der Waals surface area contributed by atoms with Crippen LogP contribution in [0.15, 0.2) is 60.7 Å². The zero-order chi connectivity index (χ0) is 24.9. The Hall–Kier alpha value is -4.20. The lowest BCUT2D eigenvalue weighted by atomic mass is 10.2. The monoisotopic (exact) mass is 471 g/mol. The van der Waals surface area contributed by atoms with Crippen LogP contribution in [0.5, 0.6) is 0 Å². The summed E-state index contributed by atoms with van der Waals surface area (Å²) in [7, 11) is 0. The molecule has 180 valence electrons. The third-order valence-electron chi connectivity index (χ3n) is 5.86. The normalized spacial score (nSPS) is 10.9. The Morgan fingerprint density at radius 2 is 1.66 bits per heavy atom. The maximum absolute atomic E-state index is 12.4. The summed E-state index contributed by atoms with van der Waals surface area (Å²) in [6.45, 7) is 8.44. The van der Waals surface area contributed by atoms with Crippen molar-refractivity contribution in [3.8, 4) is 5.69 Å². The predicted molar refractivity (Wildman–Crippen MR) is 132 cm³/mol. The molecule has 0 aliphatic rings. The minimum atomic E-state index is -0.553. The van der Waals surface area contributed by atoms with E-state index in [1.807, 2.05) is 61.3 Å². The molecular formula is C27H29N5O3. The van der Waals surface area contributed by atoms with Crippen LogP contribution in [-0.4, -0.2) is 38.0 Å². The summed E-state index contributed by atoms with van der Waals surface area (Å²) in [6, 6.07) is 19.0. The molecule has 1 amide bonds. The van der Waals surface area contributed by atoms with E-state index in [-0.39, 0.29) is 12.5 Å². The zero-order valence-electron chi connectivity index (χ0n) is 20.4. The highest BCUT2D eigenvalue weighted by Crippen LogP contribution is 2.15. The highest BCUT2D eigenvalue weighted by Gasteiger charge is 2.15. The van der Waals surface area contributed by atoms with Crippen LogP contribution in [0.3, 0.4) is 0 Å². The lowest BCUT2D eigenvalue weighted by Crippen LogP contribution is -2.28. The summed E-state index contributed by atoms with van der Waals surface area (Å²) in [4.78, 5) is 24.7. The Kier molecular flexibility index (Phi) is 7.10. The number of nitrogens with one attached hydrogen (secondary N) is 1. The molecule has 0 unspecified atom stereocenters. The second kappa shape index (κ2) is 10.4. The van der Waals surface area contributed by atoms with Crippen molar-refractivity contribution in [3.63, 3.8) is 0 Å². The van der Waals surface area contributed by atoms with Crippen molar-refractivity contribution < 1.29 is 14.3 Å². The van der Waals surface area contributed by atoms with Gasteiger partial charge in [-0.2, -0.15) is 10.2 Å². The van der Waals surface area contributed by atoms with Gasteiger partial charge >= 0.3 is 5.97 Å². The van der Waals surface area contributed by atoms with E-state index in [1.165, 1.54) is 0 Å². The zero-order valence-corrected chi connectivity index (χ0v) is 20.4. The van der Waals surface area contributed by atoms with Gasteiger partial charge in [0, 0.05) is 23.5 Å². The number of carbonyl (C=O) groups excluding carboxylic acids is 2. The van der Waals surface area contributed by atoms with E-state index in [9.17, 15) is 9.59 Å². The average Bonchev–Trinajstić information content (AvgIpc) is 3.33. The number of nitrogens with zero attached hydrogens (tertiary/aromatic N) is 4.